The Balaban J connectivity index is 2.04. The molecule has 0 spiro atoms. The van der Waals surface area contributed by atoms with Crippen LogP contribution in [0, 0.1) is 5.82 Å². The highest BCUT2D eigenvalue weighted by Crippen LogP contribution is 2.23. The summed E-state index contributed by atoms with van der Waals surface area (Å²) >= 11 is 17.5. The van der Waals surface area contributed by atoms with E-state index in [0.29, 0.717) is 33.5 Å². The molecule has 1 unspecified atom stereocenters. The van der Waals surface area contributed by atoms with E-state index in [1.165, 1.54) is 6.07 Å². The normalized spacial score (nSPS) is 12.4. The Morgan fingerprint density at radius 3 is 2.35 bits per heavy atom. The molecule has 2 aromatic rings. The van der Waals surface area contributed by atoms with Gasteiger partial charge in [0.05, 0.1) is 10.0 Å². The maximum absolute atomic E-state index is 13.7. The second-order valence-corrected chi connectivity index (χ2v) is 5.90. The summed E-state index contributed by atoms with van der Waals surface area (Å²) in [6, 6.07) is 9.78. The van der Waals surface area contributed by atoms with Gasteiger partial charge in [-0.1, -0.05) is 46.9 Å². The van der Waals surface area contributed by atoms with Crippen molar-refractivity contribution < 1.29 is 4.39 Å². The highest BCUT2D eigenvalue weighted by molar-refractivity contribution is 6.42. The molecule has 0 amide bonds. The van der Waals surface area contributed by atoms with Crippen molar-refractivity contribution in [1.29, 1.82) is 0 Å². The molecular formula is C15H13Cl3FN. The van der Waals surface area contributed by atoms with E-state index < -0.39 is 0 Å². The Kier molecular flexibility index (Phi) is 5.28. The highest BCUT2D eigenvalue weighted by Gasteiger charge is 2.10. The van der Waals surface area contributed by atoms with Crippen LogP contribution in [0.5, 0.6) is 0 Å². The summed E-state index contributed by atoms with van der Waals surface area (Å²) in [4.78, 5) is 0. The van der Waals surface area contributed by atoms with Gasteiger partial charge in [0.15, 0.2) is 0 Å². The minimum Gasteiger partial charge on any atom is -0.327 e. The fraction of sp³-hybridized carbons (Fsp3) is 0.200. The zero-order valence-corrected chi connectivity index (χ0v) is 12.8. The standard InChI is InChI=1S/C15H13Cl3FN/c16-11-3-2-10(15(19)8-11)7-12(20)5-9-1-4-13(17)14(18)6-9/h1-4,6,8,12H,5,7,20H2. The van der Waals surface area contributed by atoms with Crippen LogP contribution in [-0.4, -0.2) is 6.04 Å². The largest absolute Gasteiger partial charge is 0.327 e. The first-order chi connectivity index (χ1) is 9.45. The van der Waals surface area contributed by atoms with Gasteiger partial charge in [-0.3, -0.25) is 0 Å². The molecule has 2 rings (SSSR count). The number of nitrogens with two attached hydrogens (primary N) is 1. The Hall–Kier alpha value is -0.800. The van der Waals surface area contributed by atoms with Gasteiger partial charge in [-0.2, -0.15) is 0 Å². The summed E-state index contributed by atoms with van der Waals surface area (Å²) < 4.78 is 13.7. The van der Waals surface area contributed by atoms with Gasteiger partial charge in [0.2, 0.25) is 0 Å². The van der Waals surface area contributed by atoms with Crippen LogP contribution in [-0.2, 0) is 12.8 Å². The summed E-state index contributed by atoms with van der Waals surface area (Å²) in [5, 5.41) is 1.38. The Morgan fingerprint density at radius 2 is 1.70 bits per heavy atom. The molecule has 5 heteroatoms. The number of hydrogen-bond acceptors (Lipinski definition) is 1. The van der Waals surface area contributed by atoms with Crippen LogP contribution in [0.15, 0.2) is 36.4 Å². The van der Waals surface area contributed by atoms with Gasteiger partial charge in [-0.25, -0.2) is 4.39 Å². The molecular weight excluding hydrogens is 320 g/mol. The maximum atomic E-state index is 13.7. The lowest BCUT2D eigenvalue weighted by molar-refractivity contribution is 0.584. The summed E-state index contributed by atoms with van der Waals surface area (Å²) in [5.74, 6) is -0.331. The highest BCUT2D eigenvalue weighted by atomic mass is 35.5. The van der Waals surface area contributed by atoms with E-state index in [1.807, 2.05) is 6.07 Å². The molecule has 106 valence electrons. The lowest BCUT2D eigenvalue weighted by Gasteiger charge is -2.13. The number of benzene rings is 2. The summed E-state index contributed by atoms with van der Waals surface area (Å²) in [5.41, 5.74) is 7.59. The first-order valence-corrected chi connectivity index (χ1v) is 7.22. The van der Waals surface area contributed by atoms with Crippen LogP contribution in [0.25, 0.3) is 0 Å². The Labute approximate surface area is 132 Å². The maximum Gasteiger partial charge on any atom is 0.127 e. The number of rotatable bonds is 4. The zero-order chi connectivity index (χ0) is 14.7. The van der Waals surface area contributed by atoms with Crippen molar-refractivity contribution in [2.45, 2.75) is 18.9 Å². The second kappa shape index (κ2) is 6.77. The van der Waals surface area contributed by atoms with Crippen molar-refractivity contribution in [1.82, 2.24) is 0 Å². The molecule has 1 nitrogen and oxygen atoms in total. The molecule has 0 fully saturated rings. The monoisotopic (exact) mass is 331 g/mol. The molecule has 1 atom stereocenters. The first-order valence-electron chi connectivity index (χ1n) is 6.09. The van der Waals surface area contributed by atoms with Crippen molar-refractivity contribution in [3.05, 3.63) is 68.4 Å². The van der Waals surface area contributed by atoms with Gasteiger partial charge in [0.1, 0.15) is 5.82 Å². The lowest BCUT2D eigenvalue weighted by Crippen LogP contribution is -2.26. The molecule has 0 aliphatic rings. The van der Waals surface area contributed by atoms with Crippen molar-refractivity contribution in [3.63, 3.8) is 0 Å². The molecule has 0 radical (unpaired) electrons. The van der Waals surface area contributed by atoms with Gasteiger partial charge < -0.3 is 5.73 Å². The third-order valence-electron chi connectivity index (χ3n) is 2.98. The van der Waals surface area contributed by atoms with Crippen LogP contribution in [0.2, 0.25) is 15.1 Å². The molecule has 0 saturated heterocycles. The molecule has 0 heterocycles. The van der Waals surface area contributed by atoms with Gasteiger partial charge >= 0.3 is 0 Å². The predicted octanol–water partition coefficient (Wildman–Crippen LogP) is 4.90. The van der Waals surface area contributed by atoms with E-state index in [4.69, 9.17) is 40.5 Å². The minimum atomic E-state index is -0.331. The predicted molar refractivity (Wildman–Crippen MR) is 83.3 cm³/mol. The lowest BCUT2D eigenvalue weighted by atomic mass is 9.99. The van der Waals surface area contributed by atoms with E-state index >= 15 is 0 Å². The molecule has 2 aromatic carbocycles. The summed E-state index contributed by atoms with van der Waals surface area (Å²) in [6.07, 6.45) is 1.03. The minimum absolute atomic E-state index is 0.206. The second-order valence-electron chi connectivity index (χ2n) is 4.65. The van der Waals surface area contributed by atoms with Crippen molar-refractivity contribution in [2.24, 2.45) is 5.73 Å². The fourth-order valence-corrected chi connectivity index (χ4v) is 2.49. The molecule has 0 saturated carbocycles. The Bertz CT molecular complexity index is 616. The van der Waals surface area contributed by atoms with E-state index in [9.17, 15) is 4.39 Å². The smallest absolute Gasteiger partial charge is 0.127 e. The molecule has 0 aromatic heterocycles. The van der Waals surface area contributed by atoms with E-state index in [2.05, 4.69) is 0 Å². The van der Waals surface area contributed by atoms with E-state index in [-0.39, 0.29) is 11.9 Å². The van der Waals surface area contributed by atoms with Crippen LogP contribution in [0.4, 0.5) is 4.39 Å². The third-order valence-corrected chi connectivity index (χ3v) is 3.95. The van der Waals surface area contributed by atoms with Gasteiger partial charge in [-0.05, 0) is 48.2 Å². The SMILES string of the molecule is NC(Cc1ccc(Cl)c(Cl)c1)Cc1ccc(Cl)cc1F. The molecule has 0 aliphatic heterocycles. The van der Waals surface area contributed by atoms with Crippen LogP contribution >= 0.6 is 34.8 Å². The van der Waals surface area contributed by atoms with Gasteiger partial charge in [0, 0.05) is 11.1 Å². The number of halogens is 4. The van der Waals surface area contributed by atoms with Crippen molar-refractivity contribution >= 4 is 34.8 Å². The zero-order valence-electron chi connectivity index (χ0n) is 10.5. The summed E-state index contributed by atoms with van der Waals surface area (Å²) in [7, 11) is 0. The van der Waals surface area contributed by atoms with E-state index in [1.54, 1.807) is 24.3 Å². The molecule has 20 heavy (non-hydrogen) atoms. The van der Waals surface area contributed by atoms with E-state index in [0.717, 1.165) is 5.56 Å². The van der Waals surface area contributed by atoms with Gasteiger partial charge in [-0.15, -0.1) is 0 Å². The Morgan fingerprint density at radius 1 is 0.950 bits per heavy atom. The van der Waals surface area contributed by atoms with Crippen LogP contribution < -0.4 is 5.73 Å². The topological polar surface area (TPSA) is 26.0 Å². The average molecular weight is 333 g/mol. The fourth-order valence-electron chi connectivity index (χ4n) is 2.01. The molecule has 0 bridgehead atoms. The first kappa shape index (κ1) is 15.6. The van der Waals surface area contributed by atoms with Gasteiger partial charge in [0.25, 0.3) is 0 Å². The summed E-state index contributed by atoms with van der Waals surface area (Å²) in [6.45, 7) is 0. The van der Waals surface area contributed by atoms with Crippen LogP contribution in [0.1, 0.15) is 11.1 Å². The molecule has 2 N–H and O–H groups in total. The van der Waals surface area contributed by atoms with Crippen LogP contribution in [0.3, 0.4) is 0 Å². The number of hydrogen-bond donors (Lipinski definition) is 1. The quantitative estimate of drug-likeness (QED) is 0.847. The average Bonchev–Trinajstić information content (AvgIpc) is 2.37. The van der Waals surface area contributed by atoms with Crippen molar-refractivity contribution in [2.75, 3.05) is 0 Å². The third kappa shape index (κ3) is 4.10. The van der Waals surface area contributed by atoms with Crippen molar-refractivity contribution in [3.8, 4) is 0 Å². The molecule has 0 aliphatic carbocycles.